The van der Waals surface area contributed by atoms with Crippen LogP contribution in [-0.2, 0) is 9.47 Å². The van der Waals surface area contributed by atoms with Gasteiger partial charge in [-0.05, 0) is 36.3 Å². The molecule has 4 heteroatoms. The van der Waals surface area contributed by atoms with Crippen LogP contribution in [0.2, 0.25) is 0 Å². The van der Waals surface area contributed by atoms with Crippen molar-refractivity contribution < 1.29 is 19.7 Å². The van der Waals surface area contributed by atoms with Crippen LogP contribution in [0.4, 0.5) is 0 Å². The van der Waals surface area contributed by atoms with Crippen LogP contribution in [0.1, 0.15) is 26.7 Å². The fourth-order valence-corrected chi connectivity index (χ4v) is 2.98. The molecule has 2 aliphatic carbocycles. The second kappa shape index (κ2) is 5.87. The Balaban J connectivity index is 2.24. The van der Waals surface area contributed by atoms with E-state index in [9.17, 15) is 0 Å². The van der Waals surface area contributed by atoms with Crippen molar-refractivity contribution in [3.8, 4) is 0 Å². The lowest BCUT2D eigenvalue weighted by molar-refractivity contribution is -0.0572. The van der Waals surface area contributed by atoms with Gasteiger partial charge in [-0.25, -0.2) is 0 Å². The van der Waals surface area contributed by atoms with Gasteiger partial charge in [-0.3, -0.25) is 0 Å². The molecule has 2 N–H and O–H groups in total. The first-order valence-corrected chi connectivity index (χ1v) is 6.54. The summed E-state index contributed by atoms with van der Waals surface area (Å²) >= 11 is 0. The van der Waals surface area contributed by atoms with Gasteiger partial charge in [0.2, 0.25) is 0 Å². The molecule has 0 aromatic rings. The van der Waals surface area contributed by atoms with Crippen molar-refractivity contribution in [2.75, 3.05) is 13.6 Å². The van der Waals surface area contributed by atoms with E-state index < -0.39 is 0 Å². The van der Waals surface area contributed by atoms with Crippen molar-refractivity contribution in [1.29, 1.82) is 0 Å². The molecule has 1 fully saturated rings. The van der Waals surface area contributed by atoms with E-state index in [1.807, 2.05) is 12.2 Å². The van der Waals surface area contributed by atoms with Gasteiger partial charge >= 0.3 is 0 Å². The van der Waals surface area contributed by atoms with Crippen LogP contribution < -0.4 is 0 Å². The van der Waals surface area contributed by atoms with Crippen molar-refractivity contribution in [3.05, 3.63) is 23.5 Å². The Kier molecular flexibility index (Phi) is 4.43. The fraction of sp³-hybridized carbons (Fsp3) is 0.714. The molecule has 2 rings (SSSR count). The lowest BCUT2D eigenvalue weighted by Crippen LogP contribution is -2.35. The van der Waals surface area contributed by atoms with Crippen molar-refractivity contribution in [2.45, 2.75) is 32.8 Å². The molecule has 0 spiro atoms. The van der Waals surface area contributed by atoms with E-state index in [0.29, 0.717) is 11.8 Å². The average Bonchev–Trinajstić information content (AvgIpc) is 2.35. The minimum Gasteiger partial charge on any atom is -0.468 e. The minimum atomic E-state index is -0.300. The Morgan fingerprint density at radius 1 is 1.22 bits per heavy atom. The molecule has 0 aliphatic heterocycles. The molecule has 2 aliphatic rings. The highest BCUT2D eigenvalue weighted by molar-refractivity contribution is 5.31. The highest BCUT2D eigenvalue weighted by Crippen LogP contribution is 2.43. The van der Waals surface area contributed by atoms with E-state index in [1.165, 1.54) is 5.57 Å². The van der Waals surface area contributed by atoms with Gasteiger partial charge in [-0.2, -0.15) is 0 Å². The molecule has 0 radical (unpaired) electrons. The summed E-state index contributed by atoms with van der Waals surface area (Å²) < 4.78 is 10.7. The van der Waals surface area contributed by atoms with Gasteiger partial charge in [0.05, 0.1) is 6.10 Å². The Morgan fingerprint density at radius 3 is 2.67 bits per heavy atom. The maximum Gasteiger partial charge on any atom is 0.186 e. The largest absolute Gasteiger partial charge is 0.468 e. The SMILES string of the molecule is CC1CC2=C(OCO)C=CC(OCO)C2CC1C. The quantitative estimate of drug-likeness (QED) is 0.751. The maximum absolute atomic E-state index is 8.95. The summed E-state index contributed by atoms with van der Waals surface area (Å²) in [6, 6.07) is 0. The fourth-order valence-electron chi connectivity index (χ4n) is 2.98. The first-order chi connectivity index (χ1) is 8.67. The zero-order valence-electron chi connectivity index (χ0n) is 11.0. The number of hydrogen-bond acceptors (Lipinski definition) is 4. The third-order valence-corrected chi connectivity index (χ3v) is 4.22. The minimum absolute atomic E-state index is 0.0778. The summed E-state index contributed by atoms with van der Waals surface area (Å²) in [5.41, 5.74) is 1.22. The monoisotopic (exact) mass is 254 g/mol. The van der Waals surface area contributed by atoms with Crippen molar-refractivity contribution in [3.63, 3.8) is 0 Å². The zero-order valence-corrected chi connectivity index (χ0v) is 11.0. The van der Waals surface area contributed by atoms with Crippen molar-refractivity contribution >= 4 is 0 Å². The molecule has 0 saturated heterocycles. The standard InChI is InChI=1S/C14H22O4/c1-9-5-11-12(6-10(9)2)14(18-8-16)4-3-13(11)17-7-15/h3-4,9-11,13,15-16H,5-8H2,1-2H3. The van der Waals surface area contributed by atoms with Crippen LogP contribution in [0.25, 0.3) is 0 Å². The second-order valence-electron chi connectivity index (χ2n) is 5.28. The summed E-state index contributed by atoms with van der Waals surface area (Å²) in [5.74, 6) is 2.27. The van der Waals surface area contributed by atoms with E-state index in [0.717, 1.165) is 18.6 Å². The molecular weight excluding hydrogens is 232 g/mol. The molecule has 18 heavy (non-hydrogen) atoms. The molecular formula is C14H22O4. The summed E-state index contributed by atoms with van der Waals surface area (Å²) in [5, 5.41) is 17.9. The van der Waals surface area contributed by atoms with E-state index >= 15 is 0 Å². The molecule has 0 aromatic heterocycles. The van der Waals surface area contributed by atoms with Gasteiger partial charge in [0.1, 0.15) is 12.6 Å². The first-order valence-electron chi connectivity index (χ1n) is 6.54. The predicted molar refractivity (Wildman–Crippen MR) is 67.3 cm³/mol. The van der Waals surface area contributed by atoms with Crippen molar-refractivity contribution in [1.82, 2.24) is 0 Å². The smallest absolute Gasteiger partial charge is 0.186 e. The third kappa shape index (κ3) is 2.60. The highest BCUT2D eigenvalue weighted by Gasteiger charge is 2.37. The summed E-state index contributed by atoms with van der Waals surface area (Å²) in [4.78, 5) is 0. The molecule has 1 saturated carbocycles. The summed E-state index contributed by atoms with van der Waals surface area (Å²) in [7, 11) is 0. The number of aliphatic hydroxyl groups is 2. The maximum atomic E-state index is 8.95. The van der Waals surface area contributed by atoms with Gasteiger partial charge in [0, 0.05) is 5.92 Å². The lowest BCUT2D eigenvalue weighted by Gasteiger charge is -2.40. The molecule has 0 aromatic carbocycles. The Labute approximate surface area is 108 Å². The molecule has 4 nitrogen and oxygen atoms in total. The van der Waals surface area contributed by atoms with Crippen LogP contribution in [0.3, 0.4) is 0 Å². The molecule has 0 heterocycles. The average molecular weight is 254 g/mol. The number of allylic oxidation sites excluding steroid dienone is 1. The normalized spacial score (nSPS) is 35.6. The van der Waals surface area contributed by atoms with Crippen molar-refractivity contribution in [2.24, 2.45) is 17.8 Å². The summed E-state index contributed by atoms with van der Waals surface area (Å²) in [6.45, 7) is 3.93. The van der Waals surface area contributed by atoms with E-state index in [4.69, 9.17) is 19.7 Å². The van der Waals surface area contributed by atoms with Gasteiger partial charge in [-0.15, -0.1) is 0 Å². The topological polar surface area (TPSA) is 58.9 Å². The number of ether oxygens (including phenoxy) is 2. The van der Waals surface area contributed by atoms with Gasteiger partial charge in [0.25, 0.3) is 0 Å². The van der Waals surface area contributed by atoms with Gasteiger partial charge in [0.15, 0.2) is 6.79 Å². The van der Waals surface area contributed by atoms with Crippen LogP contribution in [0, 0.1) is 17.8 Å². The van der Waals surface area contributed by atoms with E-state index in [-0.39, 0.29) is 25.6 Å². The third-order valence-electron chi connectivity index (χ3n) is 4.22. The molecule has 0 bridgehead atoms. The molecule has 4 atom stereocenters. The molecule has 4 unspecified atom stereocenters. The molecule has 102 valence electrons. The lowest BCUT2D eigenvalue weighted by atomic mass is 9.69. The first kappa shape index (κ1) is 13.6. The van der Waals surface area contributed by atoms with Gasteiger partial charge < -0.3 is 19.7 Å². The Bertz CT molecular complexity index is 348. The number of fused-ring (bicyclic) bond motifs is 1. The van der Waals surface area contributed by atoms with Gasteiger partial charge in [-0.1, -0.05) is 19.9 Å². The highest BCUT2D eigenvalue weighted by atomic mass is 16.6. The van der Waals surface area contributed by atoms with Crippen LogP contribution in [-0.4, -0.2) is 29.9 Å². The van der Waals surface area contributed by atoms with E-state index in [1.54, 1.807) is 0 Å². The molecule has 0 amide bonds. The second-order valence-corrected chi connectivity index (χ2v) is 5.28. The summed E-state index contributed by atoms with van der Waals surface area (Å²) in [6.07, 6.45) is 5.69. The Morgan fingerprint density at radius 2 is 2.00 bits per heavy atom. The van der Waals surface area contributed by atoms with Crippen LogP contribution >= 0.6 is 0 Å². The number of rotatable bonds is 4. The van der Waals surface area contributed by atoms with Crippen LogP contribution in [0.5, 0.6) is 0 Å². The number of hydrogen-bond donors (Lipinski definition) is 2. The number of aliphatic hydroxyl groups excluding tert-OH is 2. The van der Waals surface area contributed by atoms with E-state index in [2.05, 4.69) is 13.8 Å². The van der Waals surface area contributed by atoms with Crippen LogP contribution in [0.15, 0.2) is 23.5 Å². The zero-order chi connectivity index (χ0) is 13.1. The predicted octanol–water partition coefficient (Wildman–Crippen LogP) is 1.79. The Hall–Kier alpha value is -0.840.